The standard InChI is InChI=1S/C21H18N2S/c1-3-9-16(10-4-1)15-24-20(17-11-5-2-6-12-17)21-22-18-13-7-8-14-19(18)23-21/h1-14,20H,15H2,(H,22,23)/t20-/m0/s1. The first-order valence-corrected chi connectivity index (χ1v) is 9.10. The van der Waals surface area contributed by atoms with Crippen molar-refractivity contribution in [2.45, 2.75) is 11.0 Å². The van der Waals surface area contributed by atoms with Gasteiger partial charge in [0.25, 0.3) is 0 Å². The zero-order chi connectivity index (χ0) is 16.2. The Kier molecular flexibility index (Phi) is 4.34. The van der Waals surface area contributed by atoms with Crippen LogP contribution in [-0.2, 0) is 5.75 Å². The summed E-state index contributed by atoms with van der Waals surface area (Å²) in [5.41, 5.74) is 4.72. The number of rotatable bonds is 5. The predicted molar refractivity (Wildman–Crippen MR) is 102 cm³/mol. The average molecular weight is 330 g/mol. The van der Waals surface area contributed by atoms with Gasteiger partial charge in [0.15, 0.2) is 0 Å². The molecule has 0 aliphatic carbocycles. The quantitative estimate of drug-likeness (QED) is 0.517. The van der Waals surface area contributed by atoms with Gasteiger partial charge >= 0.3 is 0 Å². The van der Waals surface area contributed by atoms with Crippen LogP contribution < -0.4 is 0 Å². The van der Waals surface area contributed by atoms with Crippen molar-refractivity contribution in [3.8, 4) is 0 Å². The Hall–Kier alpha value is -2.52. The van der Waals surface area contributed by atoms with E-state index in [1.165, 1.54) is 11.1 Å². The number of nitrogens with one attached hydrogen (secondary N) is 1. The van der Waals surface area contributed by atoms with Gasteiger partial charge < -0.3 is 4.98 Å². The number of nitrogens with zero attached hydrogens (tertiary/aromatic N) is 1. The number of imidazole rings is 1. The lowest BCUT2D eigenvalue weighted by molar-refractivity contribution is 1.01. The molecule has 24 heavy (non-hydrogen) atoms. The normalized spacial score (nSPS) is 12.3. The summed E-state index contributed by atoms with van der Waals surface area (Å²) in [6, 6.07) is 29.4. The molecule has 3 heteroatoms. The van der Waals surface area contributed by atoms with Crippen LogP contribution in [0.2, 0.25) is 0 Å². The molecule has 0 amide bonds. The molecule has 0 saturated carbocycles. The molecule has 0 saturated heterocycles. The molecule has 0 unspecified atom stereocenters. The molecule has 1 N–H and O–H groups in total. The highest BCUT2D eigenvalue weighted by Gasteiger charge is 2.18. The average Bonchev–Trinajstić information content (AvgIpc) is 3.07. The van der Waals surface area contributed by atoms with Gasteiger partial charge in [-0.1, -0.05) is 72.8 Å². The summed E-state index contributed by atoms with van der Waals surface area (Å²) in [5.74, 6) is 1.97. The Bertz CT molecular complexity index is 883. The minimum atomic E-state index is 0.193. The van der Waals surface area contributed by atoms with Crippen molar-refractivity contribution >= 4 is 22.8 Å². The van der Waals surface area contributed by atoms with Crippen molar-refractivity contribution in [3.63, 3.8) is 0 Å². The molecule has 0 bridgehead atoms. The van der Waals surface area contributed by atoms with Gasteiger partial charge in [-0.15, -0.1) is 11.8 Å². The van der Waals surface area contributed by atoms with Crippen LogP contribution >= 0.6 is 11.8 Å². The summed E-state index contributed by atoms with van der Waals surface area (Å²) in [7, 11) is 0. The SMILES string of the molecule is c1ccc(CS[C@@H](c2ccccc2)c2nc3ccccc3[nH]2)cc1. The van der Waals surface area contributed by atoms with Crippen molar-refractivity contribution in [3.05, 3.63) is 102 Å². The second-order valence-corrected chi connectivity index (χ2v) is 6.82. The summed E-state index contributed by atoms with van der Waals surface area (Å²) in [6.45, 7) is 0. The van der Waals surface area contributed by atoms with Crippen LogP contribution in [0.25, 0.3) is 11.0 Å². The van der Waals surface area contributed by atoms with E-state index in [-0.39, 0.29) is 5.25 Å². The van der Waals surface area contributed by atoms with Gasteiger partial charge in [-0.3, -0.25) is 0 Å². The number of hydrogen-bond acceptors (Lipinski definition) is 2. The molecule has 1 atom stereocenters. The third kappa shape index (κ3) is 3.22. The van der Waals surface area contributed by atoms with E-state index in [4.69, 9.17) is 4.98 Å². The smallest absolute Gasteiger partial charge is 0.124 e. The zero-order valence-corrected chi connectivity index (χ0v) is 14.0. The highest BCUT2D eigenvalue weighted by Crippen LogP contribution is 2.36. The lowest BCUT2D eigenvalue weighted by Crippen LogP contribution is -2.00. The summed E-state index contributed by atoms with van der Waals surface area (Å²) < 4.78 is 0. The van der Waals surface area contributed by atoms with Crippen LogP contribution in [0.4, 0.5) is 0 Å². The van der Waals surface area contributed by atoms with E-state index in [1.54, 1.807) is 0 Å². The van der Waals surface area contributed by atoms with E-state index < -0.39 is 0 Å². The van der Waals surface area contributed by atoms with Crippen LogP contribution in [-0.4, -0.2) is 9.97 Å². The lowest BCUT2D eigenvalue weighted by atomic mass is 10.1. The molecule has 1 aromatic heterocycles. The van der Waals surface area contributed by atoms with Crippen LogP contribution in [0, 0.1) is 0 Å². The number of fused-ring (bicyclic) bond motifs is 1. The third-order valence-electron chi connectivity index (χ3n) is 4.02. The fraction of sp³-hybridized carbons (Fsp3) is 0.0952. The molecule has 1 heterocycles. The largest absolute Gasteiger partial charge is 0.341 e. The van der Waals surface area contributed by atoms with Gasteiger partial charge in [0.1, 0.15) is 5.82 Å². The Morgan fingerprint density at radius 1 is 0.792 bits per heavy atom. The highest BCUT2D eigenvalue weighted by molar-refractivity contribution is 7.98. The first-order valence-electron chi connectivity index (χ1n) is 8.05. The monoisotopic (exact) mass is 330 g/mol. The Balaban J connectivity index is 1.67. The maximum atomic E-state index is 4.83. The topological polar surface area (TPSA) is 28.7 Å². The summed E-state index contributed by atoms with van der Waals surface area (Å²) >= 11 is 1.90. The van der Waals surface area contributed by atoms with E-state index in [2.05, 4.69) is 77.8 Å². The van der Waals surface area contributed by atoms with Gasteiger partial charge in [-0.25, -0.2) is 4.98 Å². The van der Waals surface area contributed by atoms with Crippen LogP contribution in [0.15, 0.2) is 84.9 Å². The van der Waals surface area contributed by atoms with Crippen molar-refractivity contribution in [1.82, 2.24) is 9.97 Å². The van der Waals surface area contributed by atoms with Gasteiger partial charge in [0, 0.05) is 5.75 Å². The van der Waals surface area contributed by atoms with Gasteiger partial charge in [-0.2, -0.15) is 0 Å². The molecular weight excluding hydrogens is 312 g/mol. The van der Waals surface area contributed by atoms with Gasteiger partial charge in [0.2, 0.25) is 0 Å². The van der Waals surface area contributed by atoms with E-state index >= 15 is 0 Å². The van der Waals surface area contributed by atoms with Crippen molar-refractivity contribution < 1.29 is 0 Å². The lowest BCUT2D eigenvalue weighted by Gasteiger charge is -2.15. The summed E-state index contributed by atoms with van der Waals surface area (Å²) in [5, 5.41) is 0.193. The van der Waals surface area contributed by atoms with Gasteiger partial charge in [-0.05, 0) is 23.3 Å². The third-order valence-corrected chi connectivity index (χ3v) is 5.35. The van der Waals surface area contributed by atoms with E-state index in [0.29, 0.717) is 0 Å². The van der Waals surface area contributed by atoms with Crippen molar-refractivity contribution in [2.24, 2.45) is 0 Å². The van der Waals surface area contributed by atoms with Crippen molar-refractivity contribution in [2.75, 3.05) is 0 Å². The van der Waals surface area contributed by atoms with Crippen molar-refractivity contribution in [1.29, 1.82) is 0 Å². The minimum Gasteiger partial charge on any atom is -0.341 e. The summed E-state index contributed by atoms with van der Waals surface area (Å²) in [6.07, 6.45) is 0. The number of hydrogen-bond donors (Lipinski definition) is 1. The zero-order valence-electron chi connectivity index (χ0n) is 13.2. The number of benzene rings is 3. The Labute approximate surface area is 146 Å². The van der Waals surface area contributed by atoms with E-state index in [1.807, 2.05) is 23.9 Å². The molecule has 0 radical (unpaired) electrons. The van der Waals surface area contributed by atoms with Gasteiger partial charge in [0.05, 0.1) is 16.3 Å². The molecule has 4 aromatic rings. The highest BCUT2D eigenvalue weighted by atomic mass is 32.2. The number of para-hydroxylation sites is 2. The van der Waals surface area contributed by atoms with Crippen LogP contribution in [0.1, 0.15) is 22.2 Å². The molecule has 0 fully saturated rings. The van der Waals surface area contributed by atoms with E-state index in [0.717, 1.165) is 22.6 Å². The second-order valence-electron chi connectivity index (χ2n) is 5.73. The summed E-state index contributed by atoms with van der Waals surface area (Å²) in [4.78, 5) is 8.32. The fourth-order valence-corrected chi connectivity index (χ4v) is 3.98. The molecule has 118 valence electrons. The molecule has 0 aliphatic heterocycles. The molecule has 0 spiro atoms. The predicted octanol–water partition coefficient (Wildman–Crippen LogP) is 5.59. The molecule has 2 nitrogen and oxygen atoms in total. The first-order chi connectivity index (χ1) is 11.9. The number of thioether (sulfide) groups is 1. The number of H-pyrrole nitrogens is 1. The van der Waals surface area contributed by atoms with Crippen LogP contribution in [0.3, 0.4) is 0 Å². The number of aromatic amines is 1. The second kappa shape index (κ2) is 6.93. The Morgan fingerprint density at radius 2 is 1.46 bits per heavy atom. The Morgan fingerprint density at radius 3 is 2.21 bits per heavy atom. The van der Waals surface area contributed by atoms with Crippen LogP contribution in [0.5, 0.6) is 0 Å². The first kappa shape index (κ1) is 15.0. The fourth-order valence-electron chi connectivity index (χ4n) is 2.81. The molecular formula is C21H18N2S. The number of aromatic nitrogens is 2. The van der Waals surface area contributed by atoms with E-state index in [9.17, 15) is 0 Å². The molecule has 0 aliphatic rings. The minimum absolute atomic E-state index is 0.193. The maximum absolute atomic E-state index is 4.83. The maximum Gasteiger partial charge on any atom is 0.124 e. The molecule has 3 aromatic carbocycles. The molecule has 4 rings (SSSR count).